The van der Waals surface area contributed by atoms with Crippen molar-refractivity contribution in [2.24, 2.45) is 5.73 Å². The van der Waals surface area contributed by atoms with E-state index in [4.69, 9.17) is 26.8 Å². The first-order valence-electron chi connectivity index (χ1n) is 5.28. The lowest BCUT2D eigenvalue weighted by Crippen LogP contribution is -2.21. The molecule has 0 aromatic heterocycles. The molecule has 0 saturated carbocycles. The number of alkyl halides is 3. The second kappa shape index (κ2) is 4.85. The van der Waals surface area contributed by atoms with E-state index in [1.54, 1.807) is 0 Å². The van der Waals surface area contributed by atoms with Crippen LogP contribution in [-0.2, 0) is 0 Å². The van der Waals surface area contributed by atoms with Gasteiger partial charge in [0.05, 0.1) is 11.4 Å². The van der Waals surface area contributed by atoms with E-state index in [1.807, 2.05) is 0 Å². The number of nitrogens with two attached hydrogens (primary N) is 1. The van der Waals surface area contributed by atoms with Gasteiger partial charge in [-0.1, -0.05) is 11.6 Å². The van der Waals surface area contributed by atoms with E-state index < -0.39 is 18.6 Å². The van der Waals surface area contributed by atoms with Gasteiger partial charge in [0.2, 0.25) is 0 Å². The molecule has 7 heteroatoms. The van der Waals surface area contributed by atoms with Crippen LogP contribution in [0.3, 0.4) is 0 Å². The first-order valence-corrected chi connectivity index (χ1v) is 5.66. The van der Waals surface area contributed by atoms with Crippen molar-refractivity contribution in [1.82, 2.24) is 0 Å². The molecule has 1 aromatic carbocycles. The molecule has 0 bridgehead atoms. The molecule has 0 radical (unpaired) electrons. The van der Waals surface area contributed by atoms with Crippen LogP contribution in [0.1, 0.15) is 18.0 Å². The highest BCUT2D eigenvalue weighted by Crippen LogP contribution is 2.40. The van der Waals surface area contributed by atoms with Crippen LogP contribution in [0.5, 0.6) is 11.5 Å². The van der Waals surface area contributed by atoms with Gasteiger partial charge in [-0.15, -0.1) is 0 Å². The van der Waals surface area contributed by atoms with E-state index >= 15 is 0 Å². The molecule has 1 aliphatic rings. The molecule has 2 rings (SSSR count). The fourth-order valence-corrected chi connectivity index (χ4v) is 1.99. The highest BCUT2D eigenvalue weighted by molar-refractivity contribution is 6.32. The third-order valence-corrected chi connectivity index (χ3v) is 2.78. The quantitative estimate of drug-likeness (QED) is 0.906. The van der Waals surface area contributed by atoms with Crippen molar-refractivity contribution in [3.63, 3.8) is 0 Å². The number of benzene rings is 1. The summed E-state index contributed by atoms with van der Waals surface area (Å²) in [5.74, 6) is 0.687. The molecule has 0 saturated heterocycles. The van der Waals surface area contributed by atoms with E-state index in [2.05, 4.69) is 0 Å². The average Bonchev–Trinajstić information content (AvgIpc) is 2.26. The highest BCUT2D eigenvalue weighted by Gasteiger charge is 2.31. The third kappa shape index (κ3) is 3.00. The van der Waals surface area contributed by atoms with Crippen molar-refractivity contribution < 1.29 is 22.6 Å². The Morgan fingerprint density at radius 3 is 2.61 bits per heavy atom. The number of halogens is 4. The molecule has 1 unspecified atom stereocenters. The topological polar surface area (TPSA) is 44.5 Å². The zero-order chi connectivity index (χ0) is 13.3. The molecule has 0 aliphatic carbocycles. The lowest BCUT2D eigenvalue weighted by molar-refractivity contribution is -0.138. The Hall–Kier alpha value is -1.14. The van der Waals surface area contributed by atoms with Crippen LogP contribution >= 0.6 is 11.6 Å². The molecule has 3 nitrogen and oxygen atoms in total. The van der Waals surface area contributed by atoms with Gasteiger partial charge < -0.3 is 15.2 Å². The van der Waals surface area contributed by atoms with Gasteiger partial charge >= 0.3 is 6.18 Å². The average molecular weight is 282 g/mol. The summed E-state index contributed by atoms with van der Waals surface area (Å²) in [6, 6.07) is 1.65. The first-order chi connectivity index (χ1) is 8.37. The molecule has 18 heavy (non-hydrogen) atoms. The summed E-state index contributed by atoms with van der Waals surface area (Å²) in [6.45, 7) is 0.696. The van der Waals surface area contributed by atoms with Gasteiger partial charge in [-0.05, 0) is 17.7 Å². The van der Waals surface area contributed by atoms with E-state index in [0.29, 0.717) is 24.7 Å². The molecule has 0 amide bonds. The van der Waals surface area contributed by atoms with Crippen LogP contribution in [0.2, 0.25) is 5.02 Å². The van der Waals surface area contributed by atoms with Gasteiger partial charge in [0.1, 0.15) is 13.2 Å². The van der Waals surface area contributed by atoms with Gasteiger partial charge in [0, 0.05) is 6.04 Å². The van der Waals surface area contributed by atoms with E-state index in [-0.39, 0.29) is 10.6 Å². The molecule has 1 heterocycles. The van der Waals surface area contributed by atoms with Crippen molar-refractivity contribution >= 4 is 11.6 Å². The van der Waals surface area contributed by atoms with Crippen LogP contribution in [0.25, 0.3) is 0 Å². The summed E-state index contributed by atoms with van der Waals surface area (Å²) < 4.78 is 47.3. The van der Waals surface area contributed by atoms with E-state index in [1.165, 1.54) is 12.1 Å². The predicted molar refractivity (Wildman–Crippen MR) is 60.0 cm³/mol. The van der Waals surface area contributed by atoms with Crippen LogP contribution in [0, 0.1) is 0 Å². The van der Waals surface area contributed by atoms with Gasteiger partial charge in [-0.25, -0.2) is 0 Å². The molecule has 1 atom stereocenters. The Morgan fingerprint density at radius 1 is 1.28 bits per heavy atom. The first kappa shape index (κ1) is 13.3. The minimum absolute atomic E-state index is 0.208. The summed E-state index contributed by atoms with van der Waals surface area (Å²) in [4.78, 5) is 0. The predicted octanol–water partition coefficient (Wildman–Crippen LogP) is 3.06. The van der Waals surface area contributed by atoms with Crippen LogP contribution < -0.4 is 15.2 Å². The number of rotatable bonds is 2. The summed E-state index contributed by atoms with van der Waals surface area (Å²) in [5, 5.41) is 0.208. The van der Waals surface area contributed by atoms with Crippen LogP contribution in [-0.4, -0.2) is 19.4 Å². The molecule has 100 valence electrons. The number of hydrogen-bond donors (Lipinski definition) is 1. The Bertz CT molecular complexity index is 451. The molecule has 2 N–H and O–H groups in total. The van der Waals surface area contributed by atoms with Gasteiger partial charge in [0.15, 0.2) is 11.5 Å². The second-order valence-electron chi connectivity index (χ2n) is 3.95. The Kier molecular flexibility index (Phi) is 3.59. The summed E-state index contributed by atoms with van der Waals surface area (Å²) in [7, 11) is 0. The minimum atomic E-state index is -4.32. The zero-order valence-corrected chi connectivity index (χ0v) is 10.0. The molecule has 1 aliphatic heterocycles. The molecule has 0 spiro atoms. The molecule has 0 fully saturated rings. The number of hydrogen-bond acceptors (Lipinski definition) is 3. The molecular formula is C11H11ClF3NO2. The smallest absolute Gasteiger partial charge is 0.390 e. The summed E-state index contributed by atoms with van der Waals surface area (Å²) >= 11 is 5.92. The maximum Gasteiger partial charge on any atom is 0.390 e. The lowest BCUT2D eigenvalue weighted by atomic mass is 10.0. The fraction of sp³-hybridized carbons (Fsp3) is 0.455. The van der Waals surface area contributed by atoms with Gasteiger partial charge in [0.25, 0.3) is 0 Å². The van der Waals surface area contributed by atoms with Crippen molar-refractivity contribution in [3.8, 4) is 11.5 Å². The normalized spacial score (nSPS) is 16.5. The summed E-state index contributed by atoms with van der Waals surface area (Å²) in [6.07, 6.45) is -5.43. The lowest BCUT2D eigenvalue weighted by Gasteiger charge is -2.22. The van der Waals surface area contributed by atoms with Gasteiger partial charge in [-0.3, -0.25) is 0 Å². The summed E-state index contributed by atoms with van der Waals surface area (Å²) in [5.41, 5.74) is 5.79. The Balaban J connectivity index is 2.26. The van der Waals surface area contributed by atoms with Crippen molar-refractivity contribution in [1.29, 1.82) is 0 Å². The zero-order valence-electron chi connectivity index (χ0n) is 9.26. The van der Waals surface area contributed by atoms with Crippen molar-refractivity contribution in [2.75, 3.05) is 13.2 Å². The second-order valence-corrected chi connectivity index (χ2v) is 4.36. The Morgan fingerprint density at radius 2 is 1.94 bits per heavy atom. The molecular weight excluding hydrogens is 271 g/mol. The van der Waals surface area contributed by atoms with Crippen LogP contribution in [0.4, 0.5) is 13.2 Å². The standard InChI is InChI=1S/C11H11ClF3NO2/c12-7-3-6(8(16)5-11(13,14)15)4-9-10(7)18-2-1-17-9/h3-4,8H,1-2,5,16H2. The minimum Gasteiger partial charge on any atom is -0.486 e. The van der Waals surface area contributed by atoms with E-state index in [0.717, 1.165) is 0 Å². The van der Waals surface area contributed by atoms with Crippen molar-refractivity contribution in [3.05, 3.63) is 22.7 Å². The highest BCUT2D eigenvalue weighted by atomic mass is 35.5. The van der Waals surface area contributed by atoms with Gasteiger partial charge in [-0.2, -0.15) is 13.2 Å². The fourth-order valence-electron chi connectivity index (χ4n) is 1.71. The van der Waals surface area contributed by atoms with Crippen LogP contribution in [0.15, 0.2) is 12.1 Å². The monoisotopic (exact) mass is 281 g/mol. The Labute approximate surface area is 107 Å². The largest absolute Gasteiger partial charge is 0.486 e. The third-order valence-electron chi connectivity index (χ3n) is 2.50. The van der Waals surface area contributed by atoms with Crippen molar-refractivity contribution in [2.45, 2.75) is 18.6 Å². The number of fused-ring (bicyclic) bond motifs is 1. The SMILES string of the molecule is NC(CC(F)(F)F)c1cc(Cl)c2c(c1)OCCO2. The maximum atomic E-state index is 12.3. The maximum absolute atomic E-state index is 12.3. The molecule has 1 aromatic rings. The van der Waals surface area contributed by atoms with E-state index in [9.17, 15) is 13.2 Å². The number of ether oxygens (including phenoxy) is 2.